The number of hydrogen-bond donors (Lipinski definition) is 5. The van der Waals surface area contributed by atoms with E-state index in [4.69, 9.17) is 28.3 Å². The van der Waals surface area contributed by atoms with Gasteiger partial charge >= 0.3 is 11.8 Å². The number of allylic oxidation sites excluding steroid dienone is 2. The van der Waals surface area contributed by atoms with Crippen LogP contribution < -0.4 is 31.0 Å². The van der Waals surface area contributed by atoms with Crippen molar-refractivity contribution < 1.29 is 53.4 Å². The van der Waals surface area contributed by atoms with Crippen LogP contribution in [0.5, 0.6) is 11.5 Å². The second kappa shape index (κ2) is 19.5. The van der Waals surface area contributed by atoms with Gasteiger partial charge in [0.05, 0.1) is 35.2 Å². The first kappa shape index (κ1) is 49.9. The number of amides is 1. The molecule has 7 rings (SSSR count). The molecular weight excluding hydrogens is 877 g/mol. The summed E-state index contributed by atoms with van der Waals surface area (Å²) in [6, 6.07) is 3.57. The normalized spacial score (nSPS) is 29.9. The van der Waals surface area contributed by atoms with E-state index in [0.717, 1.165) is 19.5 Å². The van der Waals surface area contributed by atoms with Gasteiger partial charge in [-0.15, -0.1) is 0 Å². The van der Waals surface area contributed by atoms with Crippen molar-refractivity contribution in [2.45, 2.75) is 112 Å². The van der Waals surface area contributed by atoms with Crippen LogP contribution in [0.25, 0.3) is 38.7 Å². The van der Waals surface area contributed by atoms with Gasteiger partial charge in [-0.1, -0.05) is 52.8 Å². The number of esters is 1. The number of rotatable bonds is 5. The first-order valence-electron chi connectivity index (χ1n) is 23.3. The van der Waals surface area contributed by atoms with E-state index in [1.807, 2.05) is 0 Å². The second-order valence-electron chi connectivity index (χ2n) is 18.8. The van der Waals surface area contributed by atoms with Crippen molar-refractivity contribution in [2.24, 2.45) is 23.7 Å². The van der Waals surface area contributed by atoms with Crippen molar-refractivity contribution in [3.8, 4) is 11.5 Å². The van der Waals surface area contributed by atoms with E-state index in [9.17, 15) is 39.6 Å². The molecule has 5 N–H and O–H groups in total. The molecule has 1 saturated heterocycles. The fourth-order valence-electron chi connectivity index (χ4n) is 9.74. The summed E-state index contributed by atoms with van der Waals surface area (Å²) in [6.45, 7) is 19.8. The Morgan fingerprint density at radius 1 is 0.971 bits per heavy atom. The summed E-state index contributed by atoms with van der Waals surface area (Å²) in [5.41, 5.74) is -1.35. The van der Waals surface area contributed by atoms with Gasteiger partial charge in [-0.05, 0) is 33.3 Å². The van der Waals surface area contributed by atoms with Gasteiger partial charge < -0.3 is 54.0 Å². The number of aromatic hydroxyl groups is 1. The SMILES string of the molecule is CC[C@H](C)N1CCN(c2cc(=O)c3nc4c(oc3c2)c2c(=O)c3c(O)c(C)c5c(c34)=C(O)[C@@](C)(O/C=C\[C@H](OC)[C@@H](C)[C@@H](OC(C)=O)[C@H](C)[C@H](O)[C@H](C)[C@@H](O)[C@@H](C)/C=C\C=C(\C)C(=O)N2)O5)CC1. The molecule has 10 atom stereocenters. The first-order valence-corrected chi connectivity index (χ1v) is 23.3. The topological polar surface area (TPSA) is 231 Å². The van der Waals surface area contributed by atoms with Gasteiger partial charge in [0.1, 0.15) is 28.8 Å². The monoisotopic (exact) mass is 940 g/mol. The third kappa shape index (κ3) is 9.04. The molecule has 0 spiro atoms. The van der Waals surface area contributed by atoms with Crippen molar-refractivity contribution in [3.63, 3.8) is 0 Å². The van der Waals surface area contributed by atoms with Crippen molar-refractivity contribution >= 4 is 62.0 Å². The molecule has 4 aromatic rings. The molecule has 366 valence electrons. The van der Waals surface area contributed by atoms with Gasteiger partial charge in [-0.2, -0.15) is 0 Å². The Balaban J connectivity index is 1.46. The maximum Gasteiger partial charge on any atom is 0.307 e. The number of aromatic nitrogens is 1. The van der Waals surface area contributed by atoms with Crippen LogP contribution in [0.15, 0.2) is 62.3 Å². The summed E-state index contributed by atoms with van der Waals surface area (Å²) in [4.78, 5) is 64.7. The maximum absolute atomic E-state index is 14.9. The average Bonchev–Trinajstić information content (AvgIpc) is 3.58. The molecule has 17 heteroatoms. The van der Waals surface area contributed by atoms with E-state index < -0.39 is 88.1 Å². The number of benzene rings is 3. The molecule has 3 aliphatic rings. The number of aliphatic hydroxyl groups is 3. The maximum atomic E-state index is 14.9. The molecule has 1 fully saturated rings. The van der Waals surface area contributed by atoms with Crippen LogP contribution in [0.2, 0.25) is 0 Å². The minimum absolute atomic E-state index is 0.0388. The molecule has 4 heterocycles. The number of nitrogens with one attached hydrogen (secondary N) is 1. The number of fused-ring (bicyclic) bond motifs is 5. The molecule has 0 saturated carbocycles. The Bertz CT molecular complexity index is 2900. The molecule has 0 radical (unpaired) electrons. The highest BCUT2D eigenvalue weighted by Crippen LogP contribution is 2.42. The molecule has 0 unspecified atom stereocenters. The molecular formula is C51H64N4O13. The summed E-state index contributed by atoms with van der Waals surface area (Å²) in [7, 11) is 1.45. The lowest BCUT2D eigenvalue weighted by atomic mass is 9.78. The van der Waals surface area contributed by atoms with Crippen LogP contribution in [0.1, 0.15) is 74.3 Å². The van der Waals surface area contributed by atoms with E-state index in [1.165, 1.54) is 59.3 Å². The number of carbonyl (C=O) groups is 2. The zero-order valence-electron chi connectivity index (χ0n) is 40.6. The molecule has 68 heavy (non-hydrogen) atoms. The van der Waals surface area contributed by atoms with Crippen LogP contribution in [-0.4, -0.2) is 112 Å². The Labute approximate surface area is 394 Å². The van der Waals surface area contributed by atoms with E-state index in [-0.39, 0.29) is 60.8 Å². The highest BCUT2D eigenvalue weighted by Gasteiger charge is 2.44. The van der Waals surface area contributed by atoms with Crippen molar-refractivity contribution in [1.82, 2.24) is 9.88 Å². The number of methoxy groups -OCH3 is 1. The quantitative estimate of drug-likeness (QED) is 0.0948. The van der Waals surface area contributed by atoms with Crippen LogP contribution >= 0.6 is 0 Å². The number of anilines is 2. The van der Waals surface area contributed by atoms with Crippen LogP contribution in [0, 0.1) is 30.6 Å². The first-order chi connectivity index (χ1) is 32.1. The lowest BCUT2D eigenvalue weighted by Gasteiger charge is -2.38. The highest BCUT2D eigenvalue weighted by atomic mass is 16.7. The molecule has 17 nitrogen and oxygen atoms in total. The summed E-state index contributed by atoms with van der Waals surface area (Å²) in [6.07, 6.45) is 4.58. The number of nitrogens with zero attached hydrogens (tertiary/aromatic N) is 3. The van der Waals surface area contributed by atoms with Gasteiger partial charge in [0.25, 0.3) is 5.91 Å². The van der Waals surface area contributed by atoms with Gasteiger partial charge in [-0.3, -0.25) is 24.1 Å². The number of aliphatic hydroxyl groups excluding tert-OH is 3. The zero-order chi connectivity index (χ0) is 49.7. The second-order valence-corrected chi connectivity index (χ2v) is 18.8. The highest BCUT2D eigenvalue weighted by molar-refractivity contribution is 6.16. The van der Waals surface area contributed by atoms with Gasteiger partial charge in [0.2, 0.25) is 10.9 Å². The zero-order valence-corrected chi connectivity index (χ0v) is 40.6. The van der Waals surface area contributed by atoms with Crippen molar-refractivity contribution in [2.75, 3.05) is 43.5 Å². The van der Waals surface area contributed by atoms with E-state index in [1.54, 1.807) is 45.9 Å². The van der Waals surface area contributed by atoms with Gasteiger partial charge in [-0.25, -0.2) is 4.98 Å². The lowest BCUT2D eigenvalue weighted by Crippen LogP contribution is -2.49. The predicted octanol–water partition coefficient (Wildman–Crippen LogP) is 5.48. The van der Waals surface area contributed by atoms with Crippen molar-refractivity contribution in [3.05, 3.63) is 79.5 Å². The predicted molar refractivity (Wildman–Crippen MR) is 259 cm³/mol. The molecule has 5 bridgehead atoms. The Morgan fingerprint density at radius 3 is 2.31 bits per heavy atom. The number of ether oxygens (including phenoxy) is 4. The van der Waals surface area contributed by atoms with Crippen LogP contribution in [0.4, 0.5) is 11.4 Å². The molecule has 1 aromatic heterocycles. The Morgan fingerprint density at radius 2 is 1.66 bits per heavy atom. The lowest BCUT2D eigenvalue weighted by molar-refractivity contribution is -0.160. The minimum Gasteiger partial charge on any atom is -0.507 e. The summed E-state index contributed by atoms with van der Waals surface area (Å²) in [5, 5.41) is 49.3. The molecule has 3 aromatic carbocycles. The Kier molecular flexibility index (Phi) is 14.3. The minimum atomic E-state index is -1.98. The average molecular weight is 941 g/mol. The largest absolute Gasteiger partial charge is 0.507 e. The van der Waals surface area contributed by atoms with Gasteiger partial charge in [0.15, 0.2) is 22.4 Å². The van der Waals surface area contributed by atoms with Crippen LogP contribution in [0.3, 0.4) is 0 Å². The standard InChI is InChI=1S/C51H64N4O13/c1-12-26(4)54-17-19-55(20-18-54)32-22-33(57)39-35(23-32)67-48-40(52-39)36-37-44(60)30(8)47-38(36)49(62)51(10,68-47)65-21-16-34(64-11)27(5)46(66-31(9)56)29(7)43(59)28(6)42(58)24(2)14-13-15-25(3)50(63)53-41(48)45(37)61/h13-16,21-24,26-29,34,42-43,46,58-60,62H,12,17-20H2,1-11H3,(H,53,63)/b14-13-,21-16-,25-15-/t24-,26-,27+,28+,29+,34-,42-,43+,46+,51-/m0/s1. The number of hydrogen-bond acceptors (Lipinski definition) is 16. The molecule has 1 amide bonds. The van der Waals surface area contributed by atoms with E-state index in [2.05, 4.69) is 29.0 Å². The third-order valence-electron chi connectivity index (χ3n) is 14.3. The third-order valence-corrected chi connectivity index (χ3v) is 14.3. The fraction of sp³-hybridized carbons (Fsp3) is 0.510. The number of piperazine rings is 1. The van der Waals surface area contributed by atoms with E-state index in [0.29, 0.717) is 24.8 Å². The number of carbonyl (C=O) groups excluding carboxylic acids is 2. The molecule has 3 aliphatic heterocycles. The summed E-state index contributed by atoms with van der Waals surface area (Å²) in [5.74, 6) is -6.93. The van der Waals surface area contributed by atoms with Gasteiger partial charge in [0, 0.05) is 111 Å². The smallest absolute Gasteiger partial charge is 0.307 e. The number of phenols is 1. The molecule has 0 aliphatic carbocycles. The Hall–Kier alpha value is -6.01. The fourth-order valence-corrected chi connectivity index (χ4v) is 9.74. The number of phenolic OH excluding ortho intramolecular Hbond substituents is 1. The van der Waals surface area contributed by atoms with E-state index >= 15 is 0 Å². The van der Waals surface area contributed by atoms with Crippen LogP contribution in [-0.2, 0) is 23.8 Å². The summed E-state index contributed by atoms with van der Waals surface area (Å²) < 4.78 is 30.6. The van der Waals surface area contributed by atoms with Crippen molar-refractivity contribution in [1.29, 1.82) is 0 Å². The summed E-state index contributed by atoms with van der Waals surface area (Å²) >= 11 is 0.